The number of halogens is 2. The Balaban J connectivity index is 1.38. The summed E-state index contributed by atoms with van der Waals surface area (Å²) in [4.78, 5) is 28.7. The number of aromatic amines is 1. The van der Waals surface area contributed by atoms with Gasteiger partial charge in [-0.1, -0.05) is 59.6 Å². The molecule has 2 N–H and O–H groups in total. The molecule has 5 aromatic rings. The third kappa shape index (κ3) is 5.97. The molecule has 1 amide bonds. The van der Waals surface area contributed by atoms with E-state index in [4.69, 9.17) is 21.1 Å². The number of esters is 1. The molecule has 0 aliphatic carbocycles. The molecule has 0 saturated heterocycles. The lowest BCUT2D eigenvalue weighted by Gasteiger charge is -2.11. The first kappa shape index (κ1) is 27.6. The van der Waals surface area contributed by atoms with Crippen molar-refractivity contribution >= 4 is 40.6 Å². The van der Waals surface area contributed by atoms with Crippen LogP contribution in [-0.4, -0.2) is 29.7 Å². The molecule has 0 spiro atoms. The second kappa shape index (κ2) is 12.1. The zero-order chi connectivity index (χ0) is 28.9. The highest BCUT2D eigenvalue weighted by Gasteiger charge is 2.22. The van der Waals surface area contributed by atoms with Gasteiger partial charge in [0.15, 0.2) is 11.5 Å². The maximum atomic E-state index is 14.6. The predicted octanol–water partition coefficient (Wildman–Crippen LogP) is 7.32. The van der Waals surface area contributed by atoms with Gasteiger partial charge in [-0.3, -0.25) is 4.79 Å². The fourth-order valence-electron chi connectivity index (χ4n) is 4.32. The number of amides is 1. The fraction of sp³-hybridized carbons (Fsp3) is 0.0938. The molecular formula is C32H25ClFN3O4. The molecule has 0 unspecified atom stereocenters. The van der Waals surface area contributed by atoms with Crippen LogP contribution in [0.3, 0.4) is 0 Å². The van der Waals surface area contributed by atoms with E-state index in [1.54, 1.807) is 66.7 Å². The van der Waals surface area contributed by atoms with E-state index in [1.165, 1.54) is 12.3 Å². The summed E-state index contributed by atoms with van der Waals surface area (Å²) >= 11 is 6.43. The van der Waals surface area contributed by atoms with Crippen LogP contribution in [0.15, 0.2) is 90.0 Å². The van der Waals surface area contributed by atoms with Crippen molar-refractivity contribution in [2.45, 2.75) is 13.8 Å². The van der Waals surface area contributed by atoms with Crippen molar-refractivity contribution in [3.05, 3.63) is 118 Å². The minimum Gasteiger partial charge on any atom is -0.490 e. The van der Waals surface area contributed by atoms with Gasteiger partial charge in [0.2, 0.25) is 0 Å². The molecule has 0 saturated carbocycles. The van der Waals surface area contributed by atoms with E-state index >= 15 is 0 Å². The number of hydrogen-bond acceptors (Lipinski definition) is 5. The average Bonchev–Trinajstić information content (AvgIpc) is 3.36. The summed E-state index contributed by atoms with van der Waals surface area (Å²) in [6, 6.07) is 23.6. The van der Waals surface area contributed by atoms with Crippen LogP contribution in [0.2, 0.25) is 5.02 Å². The topological polar surface area (TPSA) is 92.8 Å². The third-order valence-electron chi connectivity index (χ3n) is 6.29. The number of hydrazone groups is 1. The molecule has 41 heavy (non-hydrogen) atoms. The maximum absolute atomic E-state index is 14.6. The number of carbonyl (C=O) groups is 2. The summed E-state index contributed by atoms with van der Waals surface area (Å²) < 4.78 is 25.8. The number of rotatable bonds is 8. The normalized spacial score (nSPS) is 11.1. The number of fused-ring (bicyclic) bond motifs is 1. The first-order chi connectivity index (χ1) is 19.9. The molecule has 9 heteroatoms. The zero-order valence-corrected chi connectivity index (χ0v) is 23.0. The third-order valence-corrected chi connectivity index (χ3v) is 6.62. The average molecular weight is 570 g/mol. The predicted molar refractivity (Wildman–Crippen MR) is 158 cm³/mol. The van der Waals surface area contributed by atoms with E-state index in [9.17, 15) is 14.0 Å². The van der Waals surface area contributed by atoms with Crippen LogP contribution in [0.5, 0.6) is 11.5 Å². The van der Waals surface area contributed by atoms with Crippen molar-refractivity contribution in [2.75, 3.05) is 6.61 Å². The largest absolute Gasteiger partial charge is 0.490 e. The van der Waals surface area contributed by atoms with Gasteiger partial charge in [0.1, 0.15) is 11.5 Å². The number of nitrogens with one attached hydrogen (secondary N) is 2. The molecule has 1 heterocycles. The van der Waals surface area contributed by atoms with Crippen LogP contribution in [0, 0.1) is 12.7 Å². The van der Waals surface area contributed by atoms with E-state index in [1.807, 2.05) is 26.0 Å². The number of hydrogen-bond donors (Lipinski definition) is 2. The van der Waals surface area contributed by atoms with Gasteiger partial charge in [0.05, 0.1) is 23.9 Å². The van der Waals surface area contributed by atoms with Crippen LogP contribution in [-0.2, 0) is 0 Å². The van der Waals surface area contributed by atoms with Crippen LogP contribution in [0.1, 0.15) is 38.9 Å². The Kier molecular flexibility index (Phi) is 8.12. The summed E-state index contributed by atoms with van der Waals surface area (Å²) in [5.74, 6) is -0.993. The molecule has 4 aromatic carbocycles. The monoisotopic (exact) mass is 569 g/mol. The number of ether oxygens (including phenoxy) is 2. The van der Waals surface area contributed by atoms with Gasteiger partial charge in [-0.2, -0.15) is 5.10 Å². The SMILES string of the molecule is CCOc1cc(C=NNC(=O)c2[nH]c3c(F)cccc3c2-c2ccccc2Cl)ccc1OC(=O)c1ccc(C)cc1. The van der Waals surface area contributed by atoms with Gasteiger partial charge in [-0.15, -0.1) is 0 Å². The van der Waals surface area contributed by atoms with Crippen molar-refractivity contribution in [2.24, 2.45) is 5.10 Å². The lowest BCUT2D eigenvalue weighted by atomic mass is 10.0. The fourth-order valence-corrected chi connectivity index (χ4v) is 4.55. The van der Waals surface area contributed by atoms with Crippen molar-refractivity contribution in [1.29, 1.82) is 0 Å². The van der Waals surface area contributed by atoms with Crippen molar-refractivity contribution < 1.29 is 23.5 Å². The Morgan fingerprint density at radius 2 is 1.78 bits per heavy atom. The Bertz CT molecular complexity index is 1780. The molecule has 0 fully saturated rings. The molecule has 5 rings (SSSR count). The van der Waals surface area contributed by atoms with Gasteiger partial charge >= 0.3 is 5.97 Å². The van der Waals surface area contributed by atoms with E-state index in [2.05, 4.69) is 15.5 Å². The highest BCUT2D eigenvalue weighted by Crippen LogP contribution is 2.37. The van der Waals surface area contributed by atoms with Crippen LogP contribution in [0.4, 0.5) is 4.39 Å². The lowest BCUT2D eigenvalue weighted by molar-refractivity contribution is 0.0728. The first-order valence-corrected chi connectivity index (χ1v) is 13.2. The maximum Gasteiger partial charge on any atom is 0.343 e. The van der Waals surface area contributed by atoms with Crippen molar-refractivity contribution in [1.82, 2.24) is 10.4 Å². The molecule has 7 nitrogen and oxygen atoms in total. The minimum absolute atomic E-state index is 0.115. The molecule has 206 valence electrons. The summed E-state index contributed by atoms with van der Waals surface area (Å²) in [6.45, 7) is 4.09. The summed E-state index contributed by atoms with van der Waals surface area (Å²) in [5.41, 5.74) is 5.87. The number of H-pyrrole nitrogens is 1. The number of aromatic nitrogens is 1. The summed E-state index contributed by atoms with van der Waals surface area (Å²) in [5, 5.41) is 5.02. The second-order valence-corrected chi connectivity index (χ2v) is 9.52. The smallest absolute Gasteiger partial charge is 0.343 e. The number of para-hydroxylation sites is 1. The number of benzene rings is 4. The molecule has 1 aromatic heterocycles. The highest BCUT2D eigenvalue weighted by molar-refractivity contribution is 6.34. The Labute approximate surface area is 240 Å². The van der Waals surface area contributed by atoms with E-state index in [0.717, 1.165) is 5.56 Å². The molecular weight excluding hydrogens is 545 g/mol. The first-order valence-electron chi connectivity index (χ1n) is 12.8. The Hall–Kier alpha value is -4.95. The molecule has 0 radical (unpaired) electrons. The Morgan fingerprint density at radius 1 is 1.00 bits per heavy atom. The Morgan fingerprint density at radius 3 is 2.54 bits per heavy atom. The number of carbonyl (C=O) groups excluding carboxylic acids is 2. The van der Waals surface area contributed by atoms with Crippen LogP contribution >= 0.6 is 11.6 Å². The minimum atomic E-state index is -0.583. The van der Waals surface area contributed by atoms with Gasteiger partial charge in [0, 0.05) is 21.5 Å². The quantitative estimate of drug-likeness (QED) is 0.0886. The standard InChI is InChI=1S/C32H25ClFN3O4/c1-3-40-27-17-20(13-16-26(27)41-32(39)21-14-11-19(2)12-15-21)18-35-37-31(38)30-28(22-7-4-5-9-24(22)33)23-8-6-10-25(34)29(23)36-30/h4-18,36H,3H2,1-2H3,(H,37,38). The van der Waals surface area contributed by atoms with E-state index in [-0.39, 0.29) is 17.0 Å². The number of nitrogens with zero attached hydrogens (tertiary/aromatic N) is 1. The van der Waals surface area contributed by atoms with E-state index < -0.39 is 17.7 Å². The van der Waals surface area contributed by atoms with Gasteiger partial charge in [-0.05, 0) is 61.9 Å². The lowest BCUT2D eigenvalue weighted by Crippen LogP contribution is -2.19. The van der Waals surface area contributed by atoms with Gasteiger partial charge in [-0.25, -0.2) is 14.6 Å². The van der Waals surface area contributed by atoms with E-state index in [0.29, 0.717) is 45.0 Å². The molecule has 0 aliphatic rings. The summed E-state index contributed by atoms with van der Waals surface area (Å²) in [6.07, 6.45) is 1.42. The van der Waals surface area contributed by atoms with Gasteiger partial charge in [0.25, 0.3) is 5.91 Å². The second-order valence-electron chi connectivity index (χ2n) is 9.11. The highest BCUT2D eigenvalue weighted by atomic mass is 35.5. The molecule has 0 bridgehead atoms. The summed E-state index contributed by atoms with van der Waals surface area (Å²) in [7, 11) is 0. The molecule has 0 atom stereocenters. The van der Waals surface area contributed by atoms with Crippen LogP contribution < -0.4 is 14.9 Å². The number of aryl methyl sites for hydroxylation is 1. The van der Waals surface area contributed by atoms with Crippen molar-refractivity contribution in [3.63, 3.8) is 0 Å². The zero-order valence-electron chi connectivity index (χ0n) is 22.2. The van der Waals surface area contributed by atoms with Crippen molar-refractivity contribution in [3.8, 4) is 22.6 Å². The van der Waals surface area contributed by atoms with Gasteiger partial charge < -0.3 is 14.5 Å². The van der Waals surface area contributed by atoms with Crippen LogP contribution in [0.25, 0.3) is 22.0 Å². The molecule has 0 aliphatic heterocycles.